The molecule has 1 atom stereocenters. The summed E-state index contributed by atoms with van der Waals surface area (Å²) < 4.78 is 11.2. The fourth-order valence-electron chi connectivity index (χ4n) is 3.14. The van der Waals surface area contributed by atoms with Crippen molar-refractivity contribution in [2.45, 2.75) is 45.8 Å². The highest BCUT2D eigenvalue weighted by atomic mass is 35.5. The van der Waals surface area contributed by atoms with Gasteiger partial charge >= 0.3 is 5.97 Å². The quantitative estimate of drug-likeness (QED) is 0.517. The molecule has 2 aromatic carbocycles. The molecule has 1 N–H and O–H groups in total. The maximum Gasteiger partial charge on any atom is 0.333 e. The number of carbonyl (C=O) groups is 2. The van der Waals surface area contributed by atoms with E-state index >= 15 is 0 Å². The molecule has 0 heterocycles. The molecule has 0 fully saturated rings. The Morgan fingerprint density at radius 1 is 1.06 bits per heavy atom. The summed E-state index contributed by atoms with van der Waals surface area (Å²) in [5.74, 6) is -0.824. The molecule has 0 aliphatic carbocycles. The van der Waals surface area contributed by atoms with Gasteiger partial charge in [0.05, 0.1) is 15.7 Å². The van der Waals surface area contributed by atoms with Gasteiger partial charge in [-0.2, -0.15) is 0 Å². The van der Waals surface area contributed by atoms with Gasteiger partial charge in [0, 0.05) is 19.6 Å². The minimum atomic E-state index is -1.20. The molecule has 8 heteroatoms. The number of carbonyl (C=O) groups excluding carboxylic acids is 1. The number of rotatable bonds is 10. The monoisotopic (exact) mass is 467 g/mol. The fourth-order valence-corrected chi connectivity index (χ4v) is 3.74. The van der Waals surface area contributed by atoms with Crippen LogP contribution in [0.15, 0.2) is 42.5 Å². The van der Waals surface area contributed by atoms with Crippen molar-refractivity contribution in [1.29, 1.82) is 0 Å². The van der Waals surface area contributed by atoms with Gasteiger partial charge in [-0.3, -0.25) is 4.79 Å². The van der Waals surface area contributed by atoms with E-state index in [-0.39, 0.29) is 12.3 Å². The zero-order valence-corrected chi connectivity index (χ0v) is 19.5. The Bertz CT molecular complexity index is 894. The third-order valence-corrected chi connectivity index (χ3v) is 5.25. The third kappa shape index (κ3) is 6.35. The predicted molar refractivity (Wildman–Crippen MR) is 122 cm³/mol. The normalized spacial score (nSPS) is 12.3. The largest absolute Gasteiger partial charge is 0.479 e. The molecule has 0 saturated carbocycles. The van der Waals surface area contributed by atoms with Crippen molar-refractivity contribution in [2.24, 2.45) is 0 Å². The van der Waals surface area contributed by atoms with Crippen molar-refractivity contribution in [3.8, 4) is 5.75 Å². The van der Waals surface area contributed by atoms with Crippen LogP contribution >= 0.6 is 23.2 Å². The number of ether oxygens (including phenoxy) is 2. The van der Waals surface area contributed by atoms with Gasteiger partial charge < -0.3 is 19.5 Å². The smallest absolute Gasteiger partial charge is 0.333 e. The van der Waals surface area contributed by atoms with Crippen LogP contribution in [0.3, 0.4) is 0 Å². The van der Waals surface area contributed by atoms with Gasteiger partial charge in [0.25, 0.3) is 5.91 Å². The lowest BCUT2D eigenvalue weighted by Crippen LogP contribution is -2.49. The van der Waals surface area contributed by atoms with Crippen molar-refractivity contribution in [2.75, 3.05) is 18.1 Å². The maximum absolute atomic E-state index is 13.3. The highest BCUT2D eigenvalue weighted by molar-refractivity contribution is 6.40. The van der Waals surface area contributed by atoms with Crippen LogP contribution in [0.2, 0.25) is 10.0 Å². The van der Waals surface area contributed by atoms with Crippen molar-refractivity contribution in [3.05, 3.63) is 58.1 Å². The van der Waals surface area contributed by atoms with Gasteiger partial charge in [-0.05, 0) is 57.5 Å². The van der Waals surface area contributed by atoms with Crippen molar-refractivity contribution >= 4 is 40.8 Å². The second-order valence-corrected chi connectivity index (χ2v) is 8.18. The second-order valence-electron chi connectivity index (χ2n) is 7.36. The van der Waals surface area contributed by atoms with E-state index in [9.17, 15) is 14.7 Å². The van der Waals surface area contributed by atoms with Gasteiger partial charge in [0.1, 0.15) is 5.75 Å². The summed E-state index contributed by atoms with van der Waals surface area (Å²) >= 11 is 12.6. The molecular formula is C23H27Cl2NO5. The Morgan fingerprint density at radius 3 is 2.13 bits per heavy atom. The van der Waals surface area contributed by atoms with Crippen LogP contribution < -0.4 is 9.64 Å². The van der Waals surface area contributed by atoms with E-state index < -0.39 is 17.7 Å². The summed E-state index contributed by atoms with van der Waals surface area (Å²) in [6.07, 6.45) is -0.673. The summed E-state index contributed by atoms with van der Waals surface area (Å²) in [7, 11) is 0. The first-order chi connectivity index (χ1) is 14.6. The predicted octanol–water partition coefficient (Wildman–Crippen LogP) is 5.24. The number of amides is 1. The van der Waals surface area contributed by atoms with Crippen molar-refractivity contribution in [1.82, 2.24) is 0 Å². The Kier molecular flexibility index (Phi) is 8.74. The summed E-state index contributed by atoms with van der Waals surface area (Å²) in [4.78, 5) is 26.0. The topological polar surface area (TPSA) is 76.1 Å². The Hall–Kier alpha value is -2.28. The highest BCUT2D eigenvalue weighted by Crippen LogP contribution is 2.35. The van der Waals surface area contributed by atoms with Gasteiger partial charge in [-0.1, -0.05) is 41.4 Å². The first-order valence-corrected chi connectivity index (χ1v) is 10.7. The number of carboxylic acid groups (broad SMARTS) is 1. The molecule has 0 saturated heterocycles. The van der Waals surface area contributed by atoms with Crippen molar-refractivity contribution in [3.63, 3.8) is 0 Å². The lowest BCUT2D eigenvalue weighted by Gasteiger charge is -2.32. The molecule has 31 heavy (non-hydrogen) atoms. The average molecular weight is 468 g/mol. The number of para-hydroxylation sites is 1. The van der Waals surface area contributed by atoms with Crippen molar-refractivity contribution < 1.29 is 24.2 Å². The van der Waals surface area contributed by atoms with Crippen LogP contribution in [0.1, 0.15) is 33.3 Å². The first-order valence-electron chi connectivity index (χ1n) is 9.99. The molecule has 2 aromatic rings. The van der Waals surface area contributed by atoms with E-state index in [1.165, 1.54) is 4.90 Å². The molecule has 1 amide bonds. The Morgan fingerprint density at radius 2 is 1.65 bits per heavy atom. The molecule has 168 valence electrons. The Labute approximate surface area is 192 Å². The van der Waals surface area contributed by atoms with E-state index in [1.807, 2.05) is 6.92 Å². The molecular weight excluding hydrogens is 441 g/mol. The Balaban J connectivity index is 2.17. The summed E-state index contributed by atoms with van der Waals surface area (Å²) in [6.45, 7) is 7.61. The van der Waals surface area contributed by atoms with E-state index in [1.54, 1.807) is 63.2 Å². The number of nitrogens with zero attached hydrogens (tertiary/aromatic N) is 1. The molecule has 0 aliphatic rings. The van der Waals surface area contributed by atoms with Crippen LogP contribution in [0.4, 0.5) is 5.69 Å². The SMILES string of the molecule is CCO[C@@H](Cc1ccc(OC(C)(C)C(=O)N(CC)c2c(Cl)cccc2Cl)cc1)C(=O)O. The number of anilines is 1. The lowest BCUT2D eigenvalue weighted by molar-refractivity contribution is -0.150. The number of hydrogen-bond acceptors (Lipinski definition) is 4. The zero-order valence-electron chi connectivity index (χ0n) is 18.0. The number of benzene rings is 2. The van der Waals surface area contributed by atoms with E-state index in [0.29, 0.717) is 34.6 Å². The standard InChI is InChI=1S/C23H27Cl2NO5/c1-5-26(20-17(24)8-7-9-18(20)25)22(29)23(3,4)31-16-12-10-15(11-13-16)14-19(21(27)28)30-6-2/h7-13,19H,5-6,14H2,1-4H3,(H,27,28)/t19-/m0/s1. The van der Waals surface area contributed by atoms with Crippen LogP contribution in [0, 0.1) is 0 Å². The van der Waals surface area contributed by atoms with Gasteiger partial charge in [0.15, 0.2) is 11.7 Å². The number of hydrogen-bond donors (Lipinski definition) is 1. The van der Waals surface area contributed by atoms with Crippen LogP contribution in [0.25, 0.3) is 0 Å². The lowest BCUT2D eigenvalue weighted by atomic mass is 10.1. The van der Waals surface area contributed by atoms with E-state index in [0.717, 1.165) is 5.56 Å². The number of likely N-dealkylation sites (N-methyl/N-ethyl adjacent to an activating group) is 1. The van der Waals surface area contributed by atoms with E-state index in [4.69, 9.17) is 32.7 Å². The second kappa shape index (κ2) is 10.8. The molecule has 0 bridgehead atoms. The molecule has 2 rings (SSSR count). The third-order valence-electron chi connectivity index (χ3n) is 4.64. The van der Waals surface area contributed by atoms with E-state index in [2.05, 4.69) is 0 Å². The first kappa shape index (κ1) is 25.0. The number of halogens is 2. The van der Waals surface area contributed by atoms with Crippen LogP contribution in [0.5, 0.6) is 5.75 Å². The minimum absolute atomic E-state index is 0.237. The summed E-state index contributed by atoms with van der Waals surface area (Å²) in [5, 5.41) is 9.99. The molecule has 0 spiro atoms. The average Bonchev–Trinajstić information content (AvgIpc) is 2.71. The van der Waals surface area contributed by atoms with Gasteiger partial charge in [0.2, 0.25) is 0 Å². The summed E-state index contributed by atoms with van der Waals surface area (Å²) in [5.41, 5.74) is 0.0333. The van der Waals surface area contributed by atoms with Crippen LogP contribution in [-0.2, 0) is 20.7 Å². The molecule has 0 aromatic heterocycles. The number of aliphatic carboxylic acids is 1. The molecule has 0 aliphatic heterocycles. The molecule has 6 nitrogen and oxygen atoms in total. The minimum Gasteiger partial charge on any atom is -0.479 e. The zero-order chi connectivity index (χ0) is 23.2. The van der Waals surface area contributed by atoms with Gasteiger partial charge in [-0.15, -0.1) is 0 Å². The molecule has 0 radical (unpaired) electrons. The molecule has 0 unspecified atom stereocenters. The fraction of sp³-hybridized carbons (Fsp3) is 0.391. The maximum atomic E-state index is 13.3. The highest BCUT2D eigenvalue weighted by Gasteiger charge is 2.36. The van der Waals surface area contributed by atoms with Gasteiger partial charge in [-0.25, -0.2) is 4.79 Å². The summed E-state index contributed by atoms with van der Waals surface area (Å²) in [6, 6.07) is 12.0. The van der Waals surface area contributed by atoms with Crippen LogP contribution in [-0.4, -0.2) is 41.8 Å². The number of carboxylic acids is 1.